The summed E-state index contributed by atoms with van der Waals surface area (Å²) in [4.78, 5) is 8.50. The van der Waals surface area contributed by atoms with Crippen molar-refractivity contribution in [3.8, 4) is 0 Å². The number of nitrogens with zero attached hydrogens (tertiary/aromatic N) is 4. The number of anilines is 1. The summed E-state index contributed by atoms with van der Waals surface area (Å²) >= 11 is 0. The second-order valence-electron chi connectivity index (χ2n) is 4.93. The van der Waals surface area contributed by atoms with Crippen molar-refractivity contribution in [3.63, 3.8) is 0 Å². The smallest absolute Gasteiger partial charge is 0.163 e. The van der Waals surface area contributed by atoms with Crippen LogP contribution >= 0.6 is 0 Å². The van der Waals surface area contributed by atoms with E-state index >= 15 is 0 Å². The quantitative estimate of drug-likeness (QED) is 0.829. The number of hydrogen-bond acceptors (Lipinski definition) is 5. The Balaban J connectivity index is 2.25. The van der Waals surface area contributed by atoms with Crippen LogP contribution in [0, 0.1) is 5.92 Å². The van der Waals surface area contributed by atoms with Crippen LogP contribution in [-0.2, 0) is 7.05 Å². The third-order valence-corrected chi connectivity index (χ3v) is 2.91. The zero-order chi connectivity index (χ0) is 13.1. The number of aryl methyl sites for hydroxylation is 1. The van der Waals surface area contributed by atoms with E-state index in [4.69, 9.17) is 5.73 Å². The summed E-state index contributed by atoms with van der Waals surface area (Å²) in [5.74, 6) is 1.40. The highest BCUT2D eigenvalue weighted by Crippen LogP contribution is 2.19. The van der Waals surface area contributed by atoms with Gasteiger partial charge in [-0.15, -0.1) is 0 Å². The van der Waals surface area contributed by atoms with Gasteiger partial charge < -0.3 is 11.1 Å². The number of rotatable bonds is 5. The Labute approximate surface area is 107 Å². The number of nitrogens with one attached hydrogen (secondary N) is 1. The Hall–Kier alpha value is -1.69. The van der Waals surface area contributed by atoms with Crippen LogP contribution in [-0.4, -0.2) is 32.3 Å². The predicted octanol–water partition coefficient (Wildman–Crippen LogP) is 1.15. The standard InChI is InChI=1S/C12H20N6/c1-8(2)4-9(5-13)17-11-10-6-16-18(3)12(10)15-7-14-11/h6-9H,4-5,13H2,1-3H3,(H,14,15,17). The Morgan fingerprint density at radius 1 is 1.39 bits per heavy atom. The van der Waals surface area contributed by atoms with E-state index in [0.717, 1.165) is 23.3 Å². The van der Waals surface area contributed by atoms with Gasteiger partial charge in [0.25, 0.3) is 0 Å². The highest BCUT2D eigenvalue weighted by Gasteiger charge is 2.13. The summed E-state index contributed by atoms with van der Waals surface area (Å²) in [6.45, 7) is 4.96. The van der Waals surface area contributed by atoms with E-state index in [1.807, 2.05) is 7.05 Å². The minimum absolute atomic E-state index is 0.225. The molecule has 2 heterocycles. The Morgan fingerprint density at radius 3 is 2.83 bits per heavy atom. The molecule has 6 nitrogen and oxygen atoms in total. The fourth-order valence-electron chi connectivity index (χ4n) is 2.05. The van der Waals surface area contributed by atoms with E-state index in [2.05, 4.69) is 34.2 Å². The Bertz CT molecular complexity index is 518. The van der Waals surface area contributed by atoms with Crippen LogP contribution in [0.5, 0.6) is 0 Å². The molecule has 0 aliphatic heterocycles. The fourth-order valence-corrected chi connectivity index (χ4v) is 2.05. The number of fused-ring (bicyclic) bond motifs is 1. The molecule has 0 saturated heterocycles. The molecule has 18 heavy (non-hydrogen) atoms. The van der Waals surface area contributed by atoms with Crippen LogP contribution < -0.4 is 11.1 Å². The molecule has 1 unspecified atom stereocenters. The zero-order valence-electron chi connectivity index (χ0n) is 11.1. The van der Waals surface area contributed by atoms with Crippen molar-refractivity contribution in [1.82, 2.24) is 19.7 Å². The van der Waals surface area contributed by atoms with Crippen molar-refractivity contribution in [3.05, 3.63) is 12.5 Å². The van der Waals surface area contributed by atoms with Crippen molar-refractivity contribution in [2.75, 3.05) is 11.9 Å². The van der Waals surface area contributed by atoms with Gasteiger partial charge in [-0.05, 0) is 12.3 Å². The molecule has 0 saturated carbocycles. The summed E-state index contributed by atoms with van der Waals surface area (Å²) in [5, 5.41) is 8.51. The maximum absolute atomic E-state index is 5.79. The van der Waals surface area contributed by atoms with Crippen LogP contribution in [0.25, 0.3) is 11.0 Å². The van der Waals surface area contributed by atoms with Gasteiger partial charge in [-0.25, -0.2) is 9.97 Å². The minimum atomic E-state index is 0.225. The molecule has 2 aromatic rings. The largest absolute Gasteiger partial charge is 0.365 e. The summed E-state index contributed by atoms with van der Waals surface area (Å²) in [5.41, 5.74) is 6.62. The first-order valence-corrected chi connectivity index (χ1v) is 6.21. The van der Waals surface area contributed by atoms with Gasteiger partial charge >= 0.3 is 0 Å². The van der Waals surface area contributed by atoms with E-state index in [1.165, 1.54) is 0 Å². The van der Waals surface area contributed by atoms with Gasteiger partial charge in [-0.1, -0.05) is 13.8 Å². The Kier molecular flexibility index (Phi) is 3.76. The first-order valence-electron chi connectivity index (χ1n) is 6.21. The Morgan fingerprint density at radius 2 is 2.17 bits per heavy atom. The van der Waals surface area contributed by atoms with Gasteiger partial charge in [0.05, 0.1) is 11.6 Å². The van der Waals surface area contributed by atoms with Crippen molar-refractivity contribution in [1.29, 1.82) is 0 Å². The SMILES string of the molecule is CC(C)CC(CN)Nc1ncnc2c1cnn2C. The van der Waals surface area contributed by atoms with Gasteiger partial charge in [0, 0.05) is 19.6 Å². The summed E-state index contributed by atoms with van der Waals surface area (Å²) in [7, 11) is 1.87. The van der Waals surface area contributed by atoms with Crippen LogP contribution in [0.15, 0.2) is 12.5 Å². The third kappa shape index (κ3) is 2.59. The van der Waals surface area contributed by atoms with E-state index in [1.54, 1.807) is 17.2 Å². The summed E-state index contributed by atoms with van der Waals surface area (Å²) in [6, 6.07) is 0.225. The molecule has 0 aliphatic carbocycles. The molecule has 0 amide bonds. The number of nitrogens with two attached hydrogens (primary N) is 1. The van der Waals surface area contributed by atoms with Crippen molar-refractivity contribution in [2.24, 2.45) is 18.7 Å². The molecule has 3 N–H and O–H groups in total. The van der Waals surface area contributed by atoms with Crippen LogP contribution in [0.2, 0.25) is 0 Å². The number of hydrogen-bond donors (Lipinski definition) is 2. The second kappa shape index (κ2) is 5.30. The minimum Gasteiger partial charge on any atom is -0.365 e. The second-order valence-corrected chi connectivity index (χ2v) is 4.93. The lowest BCUT2D eigenvalue weighted by atomic mass is 10.0. The monoisotopic (exact) mass is 248 g/mol. The van der Waals surface area contributed by atoms with E-state index in [9.17, 15) is 0 Å². The molecule has 0 aliphatic rings. The van der Waals surface area contributed by atoms with Gasteiger partial charge in [0.15, 0.2) is 5.65 Å². The fraction of sp³-hybridized carbons (Fsp3) is 0.583. The van der Waals surface area contributed by atoms with Crippen molar-refractivity contribution >= 4 is 16.9 Å². The van der Waals surface area contributed by atoms with Crippen molar-refractivity contribution < 1.29 is 0 Å². The van der Waals surface area contributed by atoms with E-state index in [0.29, 0.717) is 12.5 Å². The van der Waals surface area contributed by atoms with Gasteiger partial charge in [0.2, 0.25) is 0 Å². The molecule has 2 aromatic heterocycles. The maximum Gasteiger partial charge on any atom is 0.163 e. The topological polar surface area (TPSA) is 81.7 Å². The van der Waals surface area contributed by atoms with E-state index in [-0.39, 0.29) is 6.04 Å². The molecule has 0 spiro atoms. The van der Waals surface area contributed by atoms with Gasteiger partial charge in [-0.3, -0.25) is 4.68 Å². The van der Waals surface area contributed by atoms with Crippen LogP contribution in [0.1, 0.15) is 20.3 Å². The molecule has 0 bridgehead atoms. The summed E-state index contributed by atoms with van der Waals surface area (Å²) in [6.07, 6.45) is 4.35. The number of aromatic nitrogens is 4. The molecule has 1 atom stereocenters. The highest BCUT2D eigenvalue weighted by atomic mass is 15.3. The maximum atomic E-state index is 5.79. The molecule has 6 heteroatoms. The van der Waals surface area contributed by atoms with Gasteiger partial charge in [-0.2, -0.15) is 5.10 Å². The lowest BCUT2D eigenvalue weighted by Crippen LogP contribution is -2.30. The zero-order valence-corrected chi connectivity index (χ0v) is 11.1. The average molecular weight is 248 g/mol. The summed E-state index contributed by atoms with van der Waals surface area (Å²) < 4.78 is 1.74. The molecular weight excluding hydrogens is 228 g/mol. The molecule has 98 valence electrons. The molecule has 0 aromatic carbocycles. The van der Waals surface area contributed by atoms with Crippen LogP contribution in [0.3, 0.4) is 0 Å². The predicted molar refractivity (Wildman–Crippen MR) is 72.2 cm³/mol. The highest BCUT2D eigenvalue weighted by molar-refractivity contribution is 5.86. The third-order valence-electron chi connectivity index (χ3n) is 2.91. The molecule has 0 fully saturated rings. The van der Waals surface area contributed by atoms with Crippen molar-refractivity contribution in [2.45, 2.75) is 26.3 Å². The van der Waals surface area contributed by atoms with E-state index < -0.39 is 0 Å². The average Bonchev–Trinajstić information content (AvgIpc) is 2.71. The lowest BCUT2D eigenvalue weighted by Gasteiger charge is -2.19. The van der Waals surface area contributed by atoms with Crippen LogP contribution in [0.4, 0.5) is 5.82 Å². The first kappa shape index (κ1) is 12.8. The van der Waals surface area contributed by atoms with Gasteiger partial charge in [0.1, 0.15) is 12.1 Å². The first-order chi connectivity index (χ1) is 8.61. The molecule has 0 radical (unpaired) electrons. The lowest BCUT2D eigenvalue weighted by molar-refractivity contribution is 0.521. The molecule has 2 rings (SSSR count). The normalized spacial score (nSPS) is 13.2. The molecular formula is C12H20N6.